The molecule has 1 amide bonds. The van der Waals surface area contributed by atoms with Gasteiger partial charge in [-0.25, -0.2) is 0 Å². The Kier molecular flexibility index (Phi) is 3.75. The van der Waals surface area contributed by atoms with Crippen LogP contribution in [0.5, 0.6) is 11.5 Å². The minimum Gasteiger partial charge on any atom is -0.495 e. The minimum atomic E-state index is -0.774. The molecule has 1 aromatic heterocycles. The van der Waals surface area contributed by atoms with Crippen LogP contribution in [-0.4, -0.2) is 24.4 Å². The molecule has 3 N–H and O–H groups in total. The minimum absolute atomic E-state index is 0.0394. The van der Waals surface area contributed by atoms with Gasteiger partial charge in [0, 0.05) is 6.07 Å². The number of rotatable bonds is 2. The van der Waals surface area contributed by atoms with Crippen LogP contribution in [0.25, 0.3) is 11.0 Å². The van der Waals surface area contributed by atoms with Gasteiger partial charge in [0.25, 0.3) is 5.91 Å². The number of carbonyl (C=O) groups is 2. The van der Waals surface area contributed by atoms with Gasteiger partial charge in [-0.3, -0.25) is 15.0 Å². The lowest BCUT2D eigenvalue weighted by molar-refractivity contribution is 0.0133. The van der Waals surface area contributed by atoms with Crippen LogP contribution < -0.4 is 20.8 Å². The quantitative estimate of drug-likeness (QED) is 0.858. The number of methoxy groups -OCH3 is 1. The maximum atomic E-state index is 12.9. The van der Waals surface area contributed by atoms with Gasteiger partial charge in [-0.15, -0.1) is 0 Å². The van der Waals surface area contributed by atoms with Crippen molar-refractivity contribution in [3.8, 4) is 11.5 Å². The van der Waals surface area contributed by atoms with Gasteiger partial charge < -0.3 is 19.6 Å². The number of ketones is 1. The zero-order valence-corrected chi connectivity index (χ0v) is 14.5. The van der Waals surface area contributed by atoms with E-state index in [2.05, 4.69) is 0 Å². The monoisotopic (exact) mass is 356 g/mol. The molecular weight excluding hydrogens is 336 g/mol. The summed E-state index contributed by atoms with van der Waals surface area (Å²) < 4.78 is 17.2. The maximum Gasteiger partial charge on any atom is 0.254 e. The van der Waals surface area contributed by atoms with E-state index in [0.717, 1.165) is 32.1 Å². The molecule has 7 nitrogen and oxygen atoms in total. The number of hydrogen-bond donors (Lipinski definition) is 2. The summed E-state index contributed by atoms with van der Waals surface area (Å²) in [5.74, 6) is -0.103. The predicted octanol–water partition coefficient (Wildman–Crippen LogP) is 2.69. The summed E-state index contributed by atoms with van der Waals surface area (Å²) in [6, 6.07) is 3.05. The lowest BCUT2D eigenvalue weighted by Crippen LogP contribution is -2.43. The number of carbonyl (C=O) groups excluding carboxylic acids is 2. The Morgan fingerprint density at radius 1 is 1.27 bits per heavy atom. The molecule has 2 heterocycles. The number of amides is 1. The van der Waals surface area contributed by atoms with Crippen LogP contribution in [0.4, 0.5) is 0 Å². The Hall–Kier alpha value is -2.83. The Morgan fingerprint density at radius 3 is 2.65 bits per heavy atom. The molecule has 2 aliphatic rings. The number of nitrogens with two attached hydrogens (primary N) is 1. The maximum absolute atomic E-state index is 12.9. The number of benzene rings is 1. The second-order valence-electron chi connectivity index (χ2n) is 6.99. The second-order valence-corrected chi connectivity index (χ2v) is 6.99. The SMILES string of the molecule is COc1c2c(cc3oc(=N)c(C(N)=O)cc13)OC1(CCCCC1)CC2=O. The van der Waals surface area contributed by atoms with Gasteiger partial charge in [-0.05, 0) is 31.7 Å². The third kappa shape index (κ3) is 2.46. The highest BCUT2D eigenvalue weighted by Gasteiger charge is 2.43. The van der Waals surface area contributed by atoms with E-state index in [1.54, 1.807) is 6.07 Å². The van der Waals surface area contributed by atoms with Crippen molar-refractivity contribution in [2.75, 3.05) is 7.11 Å². The van der Waals surface area contributed by atoms with Crippen molar-refractivity contribution in [1.82, 2.24) is 0 Å². The van der Waals surface area contributed by atoms with E-state index < -0.39 is 11.5 Å². The lowest BCUT2D eigenvalue weighted by Gasteiger charge is -2.41. The summed E-state index contributed by atoms with van der Waals surface area (Å²) in [4.78, 5) is 24.5. The highest BCUT2D eigenvalue weighted by atomic mass is 16.5. The zero-order chi connectivity index (χ0) is 18.5. The Balaban J connectivity index is 1.95. The Labute approximate surface area is 149 Å². The fourth-order valence-electron chi connectivity index (χ4n) is 4.09. The van der Waals surface area contributed by atoms with E-state index in [1.165, 1.54) is 13.2 Å². The Morgan fingerprint density at radius 2 is 2.00 bits per heavy atom. The molecule has 1 aromatic carbocycles. The van der Waals surface area contributed by atoms with Crippen LogP contribution in [0.15, 0.2) is 16.5 Å². The van der Waals surface area contributed by atoms with E-state index in [4.69, 9.17) is 25.0 Å². The molecular formula is C19H20N2O5. The van der Waals surface area contributed by atoms with Gasteiger partial charge >= 0.3 is 0 Å². The molecule has 1 aliphatic carbocycles. The molecule has 1 fully saturated rings. The van der Waals surface area contributed by atoms with E-state index >= 15 is 0 Å². The number of fused-ring (bicyclic) bond motifs is 2. The summed E-state index contributed by atoms with van der Waals surface area (Å²) in [5, 5.41) is 8.29. The molecule has 0 unspecified atom stereocenters. The average molecular weight is 356 g/mol. The highest BCUT2D eigenvalue weighted by Crippen LogP contribution is 2.47. The van der Waals surface area contributed by atoms with Crippen LogP contribution in [-0.2, 0) is 0 Å². The van der Waals surface area contributed by atoms with Crippen molar-refractivity contribution in [2.45, 2.75) is 44.1 Å². The van der Waals surface area contributed by atoms with Crippen LogP contribution in [0.2, 0.25) is 0 Å². The van der Waals surface area contributed by atoms with Crippen molar-refractivity contribution in [2.24, 2.45) is 5.73 Å². The van der Waals surface area contributed by atoms with Crippen molar-refractivity contribution in [3.05, 3.63) is 28.8 Å². The molecule has 1 spiro atoms. The first kappa shape index (κ1) is 16.6. The summed E-state index contributed by atoms with van der Waals surface area (Å²) in [6.07, 6.45) is 5.24. The summed E-state index contributed by atoms with van der Waals surface area (Å²) in [6.45, 7) is 0. The molecule has 1 aliphatic heterocycles. The van der Waals surface area contributed by atoms with E-state index in [-0.39, 0.29) is 16.9 Å². The molecule has 7 heteroatoms. The topological polar surface area (TPSA) is 116 Å². The van der Waals surface area contributed by atoms with Gasteiger partial charge in [0.2, 0.25) is 5.55 Å². The number of Topliss-reactive ketones (excluding diaryl/α,β-unsaturated/α-hetero) is 1. The predicted molar refractivity (Wildman–Crippen MR) is 92.5 cm³/mol. The largest absolute Gasteiger partial charge is 0.495 e. The fraction of sp³-hybridized carbons (Fsp3) is 0.421. The van der Waals surface area contributed by atoms with Gasteiger partial charge in [0.15, 0.2) is 5.78 Å². The molecule has 0 atom stereocenters. The van der Waals surface area contributed by atoms with Gasteiger partial charge in [-0.2, -0.15) is 0 Å². The highest BCUT2D eigenvalue weighted by molar-refractivity contribution is 6.08. The smallest absolute Gasteiger partial charge is 0.254 e. The fourth-order valence-corrected chi connectivity index (χ4v) is 4.09. The van der Waals surface area contributed by atoms with Crippen LogP contribution in [0.3, 0.4) is 0 Å². The van der Waals surface area contributed by atoms with E-state index in [0.29, 0.717) is 34.5 Å². The third-order valence-corrected chi connectivity index (χ3v) is 5.31. The lowest BCUT2D eigenvalue weighted by atomic mass is 9.78. The van der Waals surface area contributed by atoms with Crippen molar-refractivity contribution < 1.29 is 23.5 Å². The molecule has 1 saturated carbocycles. The normalized spacial score (nSPS) is 18.4. The van der Waals surface area contributed by atoms with Gasteiger partial charge in [-0.1, -0.05) is 6.42 Å². The molecule has 26 heavy (non-hydrogen) atoms. The molecule has 0 bridgehead atoms. The number of ether oxygens (including phenoxy) is 2. The van der Waals surface area contributed by atoms with Crippen LogP contribution >= 0.6 is 0 Å². The first-order valence-electron chi connectivity index (χ1n) is 8.69. The first-order valence-corrected chi connectivity index (χ1v) is 8.69. The molecule has 4 rings (SSSR count). The summed E-state index contributed by atoms with van der Waals surface area (Å²) in [5.41, 5.74) is 5.12. The molecule has 2 aromatic rings. The van der Waals surface area contributed by atoms with E-state index in [9.17, 15) is 9.59 Å². The molecule has 0 radical (unpaired) electrons. The number of nitrogens with one attached hydrogen (secondary N) is 1. The van der Waals surface area contributed by atoms with Gasteiger partial charge in [0.05, 0.1) is 18.9 Å². The summed E-state index contributed by atoms with van der Waals surface area (Å²) in [7, 11) is 1.45. The third-order valence-electron chi connectivity index (χ3n) is 5.31. The van der Waals surface area contributed by atoms with Gasteiger partial charge in [0.1, 0.15) is 33.8 Å². The second kappa shape index (κ2) is 5.86. The average Bonchev–Trinajstić information content (AvgIpc) is 2.59. The zero-order valence-electron chi connectivity index (χ0n) is 14.5. The number of primary amides is 1. The van der Waals surface area contributed by atoms with E-state index in [1.807, 2.05) is 0 Å². The van der Waals surface area contributed by atoms with Crippen LogP contribution in [0, 0.1) is 5.41 Å². The number of hydrogen-bond acceptors (Lipinski definition) is 6. The van der Waals surface area contributed by atoms with Crippen molar-refractivity contribution >= 4 is 22.7 Å². The Bertz CT molecular complexity index is 986. The standard InChI is InChI=1S/C19H20N2O5/c1-24-16-10-7-11(17(20)23)18(21)25-13(10)8-14-15(16)12(22)9-19(26-14)5-3-2-4-6-19/h7-8,21H,2-6,9H2,1H3,(H2,20,23). The molecule has 136 valence electrons. The summed E-state index contributed by atoms with van der Waals surface area (Å²) >= 11 is 0. The molecule has 0 saturated heterocycles. The van der Waals surface area contributed by atoms with Crippen LogP contribution in [0.1, 0.15) is 59.2 Å². The van der Waals surface area contributed by atoms with Crippen molar-refractivity contribution in [3.63, 3.8) is 0 Å². The first-order chi connectivity index (χ1) is 12.4. The van der Waals surface area contributed by atoms with Crippen molar-refractivity contribution in [1.29, 1.82) is 5.41 Å².